The third-order valence-electron chi connectivity index (χ3n) is 3.88. The van der Waals surface area contributed by atoms with E-state index in [1.165, 1.54) is 12.1 Å². The van der Waals surface area contributed by atoms with Gasteiger partial charge in [0, 0.05) is 32.0 Å². The second-order valence-electron chi connectivity index (χ2n) is 5.77. The molecule has 2 rings (SSSR count). The summed E-state index contributed by atoms with van der Waals surface area (Å²) >= 11 is 0. The lowest BCUT2D eigenvalue weighted by Gasteiger charge is -2.26. The van der Waals surface area contributed by atoms with Crippen LogP contribution in [0, 0.1) is 10.1 Å². The van der Waals surface area contributed by atoms with Crippen LogP contribution in [0.2, 0.25) is 0 Å². The Kier molecular flexibility index (Phi) is 6.45. The van der Waals surface area contributed by atoms with Gasteiger partial charge in [-0.3, -0.25) is 19.8 Å². The summed E-state index contributed by atoms with van der Waals surface area (Å²) in [6.07, 6.45) is 1.67. The summed E-state index contributed by atoms with van der Waals surface area (Å²) in [5, 5.41) is 13.8. The zero-order valence-corrected chi connectivity index (χ0v) is 14.8. The zero-order valence-electron chi connectivity index (χ0n) is 13.9. The maximum Gasteiger partial charge on any atom is 0.283 e. The van der Waals surface area contributed by atoms with Gasteiger partial charge in [0.2, 0.25) is 0 Å². The molecule has 10 heteroatoms. The van der Waals surface area contributed by atoms with E-state index < -0.39 is 26.4 Å². The third-order valence-corrected chi connectivity index (χ3v) is 4.99. The van der Waals surface area contributed by atoms with Crippen molar-refractivity contribution in [2.24, 2.45) is 0 Å². The van der Waals surface area contributed by atoms with Crippen molar-refractivity contribution in [3.8, 4) is 0 Å². The molecule has 138 valence electrons. The van der Waals surface area contributed by atoms with E-state index in [1.54, 1.807) is 0 Å². The Morgan fingerprint density at radius 3 is 2.64 bits per heavy atom. The molecule has 1 heterocycles. The van der Waals surface area contributed by atoms with Crippen LogP contribution >= 0.6 is 0 Å². The van der Waals surface area contributed by atoms with E-state index in [1.807, 2.05) is 0 Å². The highest BCUT2D eigenvalue weighted by Crippen LogP contribution is 2.23. The SMILES string of the molecule is CS(=O)(=O)c1ccc(C(=O)NCCCN2CCOCC2)c([N+](=O)[O-])c1. The molecule has 1 amide bonds. The van der Waals surface area contributed by atoms with Gasteiger partial charge < -0.3 is 10.1 Å². The smallest absolute Gasteiger partial charge is 0.283 e. The lowest BCUT2D eigenvalue weighted by atomic mass is 10.1. The second kappa shape index (κ2) is 8.37. The van der Waals surface area contributed by atoms with Crippen molar-refractivity contribution in [1.82, 2.24) is 10.2 Å². The minimum atomic E-state index is -3.59. The van der Waals surface area contributed by atoms with Crippen LogP contribution in [0.25, 0.3) is 0 Å². The Balaban J connectivity index is 1.97. The van der Waals surface area contributed by atoms with Crippen molar-refractivity contribution >= 4 is 21.4 Å². The van der Waals surface area contributed by atoms with Crippen molar-refractivity contribution in [3.05, 3.63) is 33.9 Å². The Labute approximate surface area is 146 Å². The number of nitro groups is 1. The summed E-state index contributed by atoms with van der Waals surface area (Å²) in [7, 11) is -3.59. The number of nitrogens with zero attached hydrogens (tertiary/aromatic N) is 2. The van der Waals surface area contributed by atoms with Crippen molar-refractivity contribution in [2.45, 2.75) is 11.3 Å². The molecule has 0 saturated carbocycles. The second-order valence-corrected chi connectivity index (χ2v) is 7.79. The normalized spacial score (nSPS) is 15.7. The summed E-state index contributed by atoms with van der Waals surface area (Å²) in [4.78, 5) is 24.6. The largest absolute Gasteiger partial charge is 0.379 e. The number of benzene rings is 1. The number of sulfone groups is 1. The fourth-order valence-electron chi connectivity index (χ4n) is 2.51. The number of rotatable bonds is 7. The van der Waals surface area contributed by atoms with Crippen molar-refractivity contribution in [2.75, 3.05) is 45.6 Å². The lowest BCUT2D eigenvalue weighted by Crippen LogP contribution is -2.38. The molecule has 1 aromatic carbocycles. The van der Waals surface area contributed by atoms with Gasteiger partial charge in [-0.2, -0.15) is 0 Å². The number of hydrogen-bond acceptors (Lipinski definition) is 7. The van der Waals surface area contributed by atoms with E-state index in [0.717, 1.165) is 32.0 Å². The van der Waals surface area contributed by atoms with Crippen LogP contribution in [-0.2, 0) is 14.6 Å². The topological polar surface area (TPSA) is 119 Å². The number of hydrogen-bond donors (Lipinski definition) is 1. The van der Waals surface area contributed by atoms with Crippen molar-refractivity contribution < 1.29 is 22.9 Å². The van der Waals surface area contributed by atoms with Crippen LogP contribution < -0.4 is 5.32 Å². The molecular weight excluding hydrogens is 350 g/mol. The van der Waals surface area contributed by atoms with Crippen LogP contribution in [0.15, 0.2) is 23.1 Å². The quantitative estimate of drug-likeness (QED) is 0.420. The van der Waals surface area contributed by atoms with Crippen molar-refractivity contribution in [3.63, 3.8) is 0 Å². The molecule has 1 saturated heterocycles. The predicted molar refractivity (Wildman–Crippen MR) is 90.4 cm³/mol. The van der Waals surface area contributed by atoms with E-state index in [2.05, 4.69) is 10.2 Å². The average molecular weight is 371 g/mol. The van der Waals surface area contributed by atoms with E-state index in [0.29, 0.717) is 26.2 Å². The maximum atomic E-state index is 12.2. The molecule has 1 fully saturated rings. The van der Waals surface area contributed by atoms with Crippen LogP contribution in [-0.4, -0.2) is 69.8 Å². The van der Waals surface area contributed by atoms with E-state index in [4.69, 9.17) is 4.74 Å². The minimum absolute atomic E-state index is 0.149. The Morgan fingerprint density at radius 2 is 2.04 bits per heavy atom. The molecule has 0 unspecified atom stereocenters. The van der Waals surface area contributed by atoms with Gasteiger partial charge in [0.25, 0.3) is 11.6 Å². The molecular formula is C15H21N3O6S. The molecule has 1 N–H and O–H groups in total. The number of morpholine rings is 1. The molecule has 1 aromatic rings. The highest BCUT2D eigenvalue weighted by Gasteiger charge is 2.23. The van der Waals surface area contributed by atoms with Crippen LogP contribution in [0.1, 0.15) is 16.8 Å². The summed E-state index contributed by atoms with van der Waals surface area (Å²) < 4.78 is 28.3. The van der Waals surface area contributed by atoms with E-state index in [9.17, 15) is 23.3 Å². The monoisotopic (exact) mass is 371 g/mol. The first-order valence-corrected chi connectivity index (χ1v) is 9.75. The Hall–Kier alpha value is -2.04. The van der Waals surface area contributed by atoms with Gasteiger partial charge in [-0.15, -0.1) is 0 Å². The first-order valence-electron chi connectivity index (χ1n) is 7.86. The minimum Gasteiger partial charge on any atom is -0.379 e. The molecule has 0 radical (unpaired) electrons. The zero-order chi connectivity index (χ0) is 18.4. The lowest BCUT2D eigenvalue weighted by molar-refractivity contribution is -0.385. The number of nitro benzene ring substituents is 1. The molecule has 0 aromatic heterocycles. The molecule has 0 aliphatic carbocycles. The Morgan fingerprint density at radius 1 is 1.36 bits per heavy atom. The van der Waals surface area contributed by atoms with Gasteiger partial charge in [-0.1, -0.05) is 0 Å². The fraction of sp³-hybridized carbons (Fsp3) is 0.533. The van der Waals surface area contributed by atoms with Gasteiger partial charge in [0.1, 0.15) is 5.56 Å². The molecule has 25 heavy (non-hydrogen) atoms. The first kappa shape index (κ1) is 19.3. The van der Waals surface area contributed by atoms with Gasteiger partial charge in [-0.25, -0.2) is 8.42 Å². The van der Waals surface area contributed by atoms with Gasteiger partial charge in [0.05, 0.1) is 23.0 Å². The number of ether oxygens (including phenoxy) is 1. The molecule has 9 nitrogen and oxygen atoms in total. The summed E-state index contributed by atoms with van der Waals surface area (Å²) in [5.74, 6) is -0.589. The maximum absolute atomic E-state index is 12.2. The van der Waals surface area contributed by atoms with Crippen LogP contribution in [0.3, 0.4) is 0 Å². The molecule has 1 aliphatic heterocycles. The third kappa shape index (κ3) is 5.48. The highest BCUT2D eigenvalue weighted by atomic mass is 32.2. The number of amides is 1. The molecule has 0 spiro atoms. The fourth-order valence-corrected chi connectivity index (χ4v) is 3.15. The van der Waals surface area contributed by atoms with Crippen LogP contribution in [0.4, 0.5) is 5.69 Å². The highest BCUT2D eigenvalue weighted by molar-refractivity contribution is 7.90. The molecule has 0 atom stereocenters. The summed E-state index contributed by atoms with van der Waals surface area (Å²) in [5.41, 5.74) is -0.669. The summed E-state index contributed by atoms with van der Waals surface area (Å²) in [6, 6.07) is 3.29. The number of carbonyl (C=O) groups excluding carboxylic acids is 1. The number of nitrogens with one attached hydrogen (secondary N) is 1. The molecule has 0 bridgehead atoms. The van der Waals surface area contributed by atoms with Gasteiger partial charge in [-0.05, 0) is 25.1 Å². The molecule has 1 aliphatic rings. The number of carbonyl (C=O) groups is 1. The van der Waals surface area contributed by atoms with Gasteiger partial charge in [0.15, 0.2) is 9.84 Å². The van der Waals surface area contributed by atoms with E-state index >= 15 is 0 Å². The first-order chi connectivity index (χ1) is 11.8. The average Bonchev–Trinajstić information content (AvgIpc) is 2.58. The predicted octanol–water partition coefficient (Wildman–Crippen LogP) is 0.450. The van der Waals surface area contributed by atoms with Gasteiger partial charge >= 0.3 is 0 Å². The van der Waals surface area contributed by atoms with Crippen LogP contribution in [0.5, 0.6) is 0 Å². The summed E-state index contributed by atoms with van der Waals surface area (Å²) in [6.45, 7) is 4.29. The Bertz CT molecular complexity index is 744. The van der Waals surface area contributed by atoms with Crippen molar-refractivity contribution in [1.29, 1.82) is 0 Å². The standard InChI is InChI=1S/C15H21N3O6S/c1-25(22,23)12-3-4-13(14(11-12)18(20)21)15(19)16-5-2-6-17-7-9-24-10-8-17/h3-4,11H,2,5-10H2,1H3,(H,16,19). The van der Waals surface area contributed by atoms with E-state index in [-0.39, 0.29) is 10.5 Å².